The molecule has 1 amide bonds. The molecule has 0 aliphatic carbocycles. The predicted molar refractivity (Wildman–Crippen MR) is 122 cm³/mol. The molecule has 0 saturated carbocycles. The van der Waals surface area contributed by atoms with Crippen LogP contribution in [-0.2, 0) is 0 Å². The zero-order valence-corrected chi connectivity index (χ0v) is 17.9. The second-order valence-electron chi connectivity index (χ2n) is 7.30. The summed E-state index contributed by atoms with van der Waals surface area (Å²) in [5.74, 6) is 1.57. The van der Waals surface area contributed by atoms with Crippen molar-refractivity contribution in [2.75, 3.05) is 37.7 Å². The lowest BCUT2D eigenvalue weighted by atomic mass is 10.1. The van der Waals surface area contributed by atoms with Crippen LogP contribution in [0.25, 0.3) is 12.2 Å². The van der Waals surface area contributed by atoms with Gasteiger partial charge < -0.3 is 19.0 Å². The molecule has 1 saturated heterocycles. The fraction of sp³-hybridized carbons (Fsp3) is 0.240. The number of aromatic nitrogens is 1. The molecule has 7 heteroatoms. The minimum absolute atomic E-state index is 0.0164. The Morgan fingerprint density at radius 2 is 1.81 bits per heavy atom. The second-order valence-corrected chi connectivity index (χ2v) is 7.30. The van der Waals surface area contributed by atoms with Gasteiger partial charge in [0, 0.05) is 37.8 Å². The third-order valence-electron chi connectivity index (χ3n) is 5.22. The van der Waals surface area contributed by atoms with Crippen LogP contribution >= 0.6 is 0 Å². The lowest BCUT2D eigenvalue weighted by Gasteiger charge is -2.34. The molecule has 0 unspecified atom stereocenters. The highest BCUT2D eigenvalue weighted by molar-refractivity contribution is 5.94. The first-order valence-electron chi connectivity index (χ1n) is 10.6. The van der Waals surface area contributed by atoms with Crippen LogP contribution in [0.5, 0.6) is 5.75 Å². The fourth-order valence-corrected chi connectivity index (χ4v) is 3.57. The normalized spacial score (nSPS) is 13.9. The second kappa shape index (κ2) is 9.84. The highest BCUT2D eigenvalue weighted by Crippen LogP contribution is 2.25. The van der Waals surface area contributed by atoms with E-state index in [0.717, 1.165) is 11.3 Å². The summed E-state index contributed by atoms with van der Waals surface area (Å²) in [6, 6.07) is 19.1. The van der Waals surface area contributed by atoms with Crippen molar-refractivity contribution in [3.05, 3.63) is 77.3 Å². The van der Waals surface area contributed by atoms with E-state index in [0.29, 0.717) is 50.1 Å². The number of nitriles is 1. The van der Waals surface area contributed by atoms with Crippen molar-refractivity contribution < 1.29 is 13.9 Å². The molecule has 7 nitrogen and oxygen atoms in total. The van der Waals surface area contributed by atoms with E-state index in [9.17, 15) is 10.1 Å². The third kappa shape index (κ3) is 4.81. The molecule has 0 bridgehead atoms. The number of rotatable bonds is 6. The predicted octanol–water partition coefficient (Wildman–Crippen LogP) is 4.08. The van der Waals surface area contributed by atoms with Crippen molar-refractivity contribution in [2.45, 2.75) is 6.92 Å². The van der Waals surface area contributed by atoms with Crippen LogP contribution in [0.2, 0.25) is 0 Å². The number of benzene rings is 2. The van der Waals surface area contributed by atoms with Crippen LogP contribution in [0, 0.1) is 11.3 Å². The van der Waals surface area contributed by atoms with Gasteiger partial charge in [-0.3, -0.25) is 4.79 Å². The zero-order chi connectivity index (χ0) is 22.3. The number of anilines is 1. The monoisotopic (exact) mass is 428 g/mol. The van der Waals surface area contributed by atoms with Gasteiger partial charge in [-0.15, -0.1) is 0 Å². The average molecular weight is 428 g/mol. The van der Waals surface area contributed by atoms with Crippen LogP contribution in [-0.4, -0.2) is 48.6 Å². The SMILES string of the molecule is CCOc1ccc(C(=O)N2CCN(c3oc(/C=C/c4ccccc4)nc3C#N)CC2)cc1. The van der Waals surface area contributed by atoms with Gasteiger partial charge in [0.05, 0.1) is 6.61 Å². The fourth-order valence-electron chi connectivity index (χ4n) is 3.57. The maximum Gasteiger partial charge on any atom is 0.253 e. The summed E-state index contributed by atoms with van der Waals surface area (Å²) >= 11 is 0. The molecular formula is C25H24N4O3. The number of ether oxygens (including phenoxy) is 1. The van der Waals surface area contributed by atoms with Crippen molar-refractivity contribution >= 4 is 23.9 Å². The van der Waals surface area contributed by atoms with E-state index in [2.05, 4.69) is 11.1 Å². The molecule has 1 aromatic heterocycles. The lowest BCUT2D eigenvalue weighted by molar-refractivity contribution is 0.0745. The van der Waals surface area contributed by atoms with Gasteiger partial charge in [-0.1, -0.05) is 30.3 Å². The number of carbonyl (C=O) groups is 1. The molecule has 0 atom stereocenters. The summed E-state index contributed by atoms with van der Waals surface area (Å²) in [5, 5.41) is 9.50. The maximum atomic E-state index is 12.8. The molecule has 162 valence electrons. The van der Waals surface area contributed by atoms with Gasteiger partial charge in [0.2, 0.25) is 17.5 Å². The van der Waals surface area contributed by atoms with E-state index in [1.165, 1.54) is 0 Å². The van der Waals surface area contributed by atoms with E-state index in [1.807, 2.05) is 65.3 Å². The minimum atomic E-state index is -0.0164. The molecule has 0 spiro atoms. The van der Waals surface area contributed by atoms with Gasteiger partial charge in [-0.2, -0.15) is 10.2 Å². The Kier molecular flexibility index (Phi) is 6.52. The summed E-state index contributed by atoms with van der Waals surface area (Å²) in [7, 11) is 0. The largest absolute Gasteiger partial charge is 0.494 e. The number of amides is 1. The highest BCUT2D eigenvalue weighted by atomic mass is 16.5. The van der Waals surface area contributed by atoms with Gasteiger partial charge in [0.1, 0.15) is 11.8 Å². The number of oxazole rings is 1. The van der Waals surface area contributed by atoms with Crippen LogP contribution in [0.3, 0.4) is 0 Å². The van der Waals surface area contributed by atoms with Crippen LogP contribution in [0.1, 0.15) is 34.4 Å². The molecular weight excluding hydrogens is 404 g/mol. The Hall–Kier alpha value is -4.05. The topological polar surface area (TPSA) is 82.6 Å². The Labute approximate surface area is 187 Å². The van der Waals surface area contributed by atoms with E-state index in [-0.39, 0.29) is 11.6 Å². The first-order chi connectivity index (χ1) is 15.7. The lowest BCUT2D eigenvalue weighted by Crippen LogP contribution is -2.48. The highest BCUT2D eigenvalue weighted by Gasteiger charge is 2.26. The summed E-state index contributed by atoms with van der Waals surface area (Å²) < 4.78 is 11.3. The molecule has 2 aromatic carbocycles. The first-order valence-corrected chi connectivity index (χ1v) is 10.6. The van der Waals surface area contributed by atoms with Gasteiger partial charge in [-0.25, -0.2) is 0 Å². The maximum absolute atomic E-state index is 12.8. The average Bonchev–Trinajstić information content (AvgIpc) is 3.27. The van der Waals surface area contributed by atoms with Gasteiger partial charge in [0.15, 0.2) is 0 Å². The van der Waals surface area contributed by atoms with E-state index in [1.54, 1.807) is 18.2 Å². The Balaban J connectivity index is 1.40. The number of carbonyl (C=O) groups excluding carboxylic acids is 1. The Morgan fingerprint density at radius 3 is 2.47 bits per heavy atom. The summed E-state index contributed by atoms with van der Waals surface area (Å²) in [6.07, 6.45) is 3.65. The van der Waals surface area contributed by atoms with Crippen molar-refractivity contribution in [1.29, 1.82) is 5.26 Å². The summed E-state index contributed by atoms with van der Waals surface area (Å²) in [5.41, 5.74) is 1.91. The van der Waals surface area contributed by atoms with Gasteiger partial charge in [-0.05, 0) is 42.8 Å². The van der Waals surface area contributed by atoms with Crippen molar-refractivity contribution in [2.24, 2.45) is 0 Å². The molecule has 4 rings (SSSR count). The van der Waals surface area contributed by atoms with Crippen molar-refractivity contribution in [3.8, 4) is 11.8 Å². The molecule has 0 radical (unpaired) electrons. The standard InChI is InChI=1S/C25H24N4O3/c1-2-31-21-11-9-20(10-12-21)24(30)28-14-16-29(17-15-28)25-22(18-26)27-23(32-25)13-8-19-6-4-3-5-7-19/h3-13H,2,14-17H2,1H3/b13-8+. The minimum Gasteiger partial charge on any atom is -0.494 e. The summed E-state index contributed by atoms with van der Waals surface area (Å²) in [4.78, 5) is 20.9. The van der Waals surface area contributed by atoms with Crippen molar-refractivity contribution in [1.82, 2.24) is 9.88 Å². The quantitative estimate of drug-likeness (QED) is 0.588. The molecule has 2 heterocycles. The molecule has 3 aromatic rings. The molecule has 0 N–H and O–H groups in total. The summed E-state index contributed by atoms with van der Waals surface area (Å²) in [6.45, 7) is 4.71. The van der Waals surface area contributed by atoms with Gasteiger partial charge >= 0.3 is 0 Å². The van der Waals surface area contributed by atoms with E-state index >= 15 is 0 Å². The number of nitrogens with zero attached hydrogens (tertiary/aromatic N) is 4. The Bertz CT molecular complexity index is 1120. The van der Waals surface area contributed by atoms with Crippen LogP contribution in [0.4, 0.5) is 5.88 Å². The molecule has 1 aliphatic rings. The van der Waals surface area contributed by atoms with Crippen LogP contribution < -0.4 is 9.64 Å². The smallest absolute Gasteiger partial charge is 0.253 e. The van der Waals surface area contributed by atoms with Crippen LogP contribution in [0.15, 0.2) is 59.0 Å². The first kappa shape index (κ1) is 21.2. The molecule has 1 aliphatic heterocycles. The Morgan fingerprint density at radius 1 is 1.09 bits per heavy atom. The third-order valence-corrected chi connectivity index (χ3v) is 5.22. The number of hydrogen-bond acceptors (Lipinski definition) is 6. The molecule has 1 fully saturated rings. The van der Waals surface area contributed by atoms with Crippen molar-refractivity contribution in [3.63, 3.8) is 0 Å². The van der Waals surface area contributed by atoms with E-state index < -0.39 is 0 Å². The van der Waals surface area contributed by atoms with E-state index in [4.69, 9.17) is 9.15 Å². The number of hydrogen-bond donors (Lipinski definition) is 0. The molecule has 32 heavy (non-hydrogen) atoms. The van der Waals surface area contributed by atoms with Gasteiger partial charge in [0.25, 0.3) is 5.91 Å². The number of piperazine rings is 1. The zero-order valence-electron chi connectivity index (χ0n) is 17.9.